The summed E-state index contributed by atoms with van der Waals surface area (Å²) < 4.78 is 5.53. The van der Waals surface area contributed by atoms with Crippen molar-refractivity contribution in [2.24, 2.45) is 0 Å². The third-order valence-corrected chi connectivity index (χ3v) is 3.16. The smallest absolute Gasteiger partial charge is 0.233 e. The number of nitrogens with one attached hydrogen (secondary N) is 1. The second-order valence-corrected chi connectivity index (χ2v) is 4.55. The van der Waals surface area contributed by atoms with E-state index in [9.17, 15) is 9.59 Å². The van der Waals surface area contributed by atoms with E-state index < -0.39 is 0 Å². The van der Waals surface area contributed by atoms with Gasteiger partial charge in [0.25, 0.3) is 0 Å². The molecular weight excluding hydrogens is 256 g/mol. The Hall–Kier alpha value is -2.14. The number of likely N-dealkylation sites (N-methyl/N-ethyl adjacent to an activating group) is 2. The Bertz CT molecular complexity index is 585. The average Bonchev–Trinajstić information content (AvgIpc) is 2.90. The third kappa shape index (κ3) is 3.24. The molecule has 5 heteroatoms. The predicted octanol–water partition coefficient (Wildman–Crippen LogP) is 1.68. The SMILES string of the molecule is CCN(CC(=O)NC)CC(=O)c1cc2ccccc2o1. The highest BCUT2D eigenvalue weighted by atomic mass is 16.3. The largest absolute Gasteiger partial charge is 0.453 e. The molecule has 20 heavy (non-hydrogen) atoms. The number of rotatable bonds is 6. The number of carbonyl (C=O) groups is 2. The van der Waals surface area contributed by atoms with Gasteiger partial charge in [-0.25, -0.2) is 0 Å². The number of Topliss-reactive ketones (excluding diaryl/α,β-unsaturated/α-hetero) is 1. The van der Waals surface area contributed by atoms with Gasteiger partial charge in [-0.1, -0.05) is 25.1 Å². The fraction of sp³-hybridized carbons (Fsp3) is 0.333. The number of benzene rings is 1. The summed E-state index contributed by atoms with van der Waals surface area (Å²) in [5.41, 5.74) is 0.699. The number of carbonyl (C=O) groups excluding carboxylic acids is 2. The number of amides is 1. The van der Waals surface area contributed by atoms with Crippen LogP contribution in [0.3, 0.4) is 0 Å². The van der Waals surface area contributed by atoms with Crippen LogP contribution in [-0.2, 0) is 4.79 Å². The summed E-state index contributed by atoms with van der Waals surface area (Å²) in [5.74, 6) is 0.109. The summed E-state index contributed by atoms with van der Waals surface area (Å²) in [6.45, 7) is 2.91. The summed E-state index contributed by atoms with van der Waals surface area (Å²) in [6, 6.07) is 9.23. The molecule has 0 saturated carbocycles. The lowest BCUT2D eigenvalue weighted by Crippen LogP contribution is -2.38. The fourth-order valence-electron chi connectivity index (χ4n) is 1.96. The molecule has 5 nitrogen and oxygen atoms in total. The van der Waals surface area contributed by atoms with Crippen molar-refractivity contribution >= 4 is 22.7 Å². The summed E-state index contributed by atoms with van der Waals surface area (Å²) in [7, 11) is 1.58. The van der Waals surface area contributed by atoms with Gasteiger partial charge in [0, 0.05) is 12.4 Å². The van der Waals surface area contributed by atoms with Crippen molar-refractivity contribution in [1.82, 2.24) is 10.2 Å². The van der Waals surface area contributed by atoms with Crippen molar-refractivity contribution < 1.29 is 14.0 Å². The van der Waals surface area contributed by atoms with E-state index in [0.717, 1.165) is 5.39 Å². The highest BCUT2D eigenvalue weighted by Crippen LogP contribution is 2.19. The first-order chi connectivity index (χ1) is 9.63. The van der Waals surface area contributed by atoms with E-state index in [4.69, 9.17) is 4.42 Å². The Morgan fingerprint density at radius 3 is 2.65 bits per heavy atom. The molecule has 0 spiro atoms. The van der Waals surface area contributed by atoms with Gasteiger partial charge < -0.3 is 9.73 Å². The molecular formula is C15H18N2O3. The molecule has 0 unspecified atom stereocenters. The lowest BCUT2D eigenvalue weighted by molar-refractivity contribution is -0.121. The molecule has 0 bridgehead atoms. The normalized spacial score (nSPS) is 10.9. The van der Waals surface area contributed by atoms with Crippen LogP contribution >= 0.6 is 0 Å². The Morgan fingerprint density at radius 2 is 2.00 bits per heavy atom. The maximum absolute atomic E-state index is 12.2. The Morgan fingerprint density at radius 1 is 1.25 bits per heavy atom. The van der Waals surface area contributed by atoms with Crippen LogP contribution in [-0.4, -0.2) is 43.3 Å². The maximum Gasteiger partial charge on any atom is 0.233 e. The molecule has 1 N–H and O–H groups in total. The number of ketones is 1. The number of furan rings is 1. The van der Waals surface area contributed by atoms with E-state index in [1.54, 1.807) is 18.0 Å². The second kappa shape index (κ2) is 6.34. The van der Waals surface area contributed by atoms with Crippen LogP contribution in [0.25, 0.3) is 11.0 Å². The van der Waals surface area contributed by atoms with Crippen molar-refractivity contribution in [1.29, 1.82) is 0 Å². The molecule has 106 valence electrons. The van der Waals surface area contributed by atoms with Gasteiger partial charge in [0.15, 0.2) is 5.76 Å². The topological polar surface area (TPSA) is 62.6 Å². The minimum absolute atomic E-state index is 0.107. The number of hydrogen-bond donors (Lipinski definition) is 1. The van der Waals surface area contributed by atoms with Gasteiger partial charge in [0.2, 0.25) is 11.7 Å². The molecule has 0 aliphatic heterocycles. The molecule has 0 saturated heterocycles. The van der Waals surface area contributed by atoms with E-state index in [-0.39, 0.29) is 24.8 Å². The zero-order chi connectivity index (χ0) is 14.5. The van der Waals surface area contributed by atoms with Crippen LogP contribution in [0.5, 0.6) is 0 Å². The van der Waals surface area contributed by atoms with E-state index in [1.807, 2.05) is 31.2 Å². The lowest BCUT2D eigenvalue weighted by Gasteiger charge is -2.17. The average molecular weight is 274 g/mol. The van der Waals surface area contributed by atoms with Crippen LogP contribution < -0.4 is 5.32 Å². The minimum Gasteiger partial charge on any atom is -0.453 e. The summed E-state index contributed by atoms with van der Waals surface area (Å²) in [5, 5.41) is 3.46. The van der Waals surface area contributed by atoms with Crippen molar-refractivity contribution in [2.75, 3.05) is 26.7 Å². The van der Waals surface area contributed by atoms with Crippen LogP contribution in [0.2, 0.25) is 0 Å². The van der Waals surface area contributed by atoms with Gasteiger partial charge in [-0.15, -0.1) is 0 Å². The molecule has 1 amide bonds. The lowest BCUT2D eigenvalue weighted by atomic mass is 10.2. The van der Waals surface area contributed by atoms with Crippen molar-refractivity contribution in [3.8, 4) is 0 Å². The van der Waals surface area contributed by atoms with Crippen LogP contribution in [0.15, 0.2) is 34.7 Å². The number of para-hydroxylation sites is 1. The summed E-state index contributed by atoms with van der Waals surface area (Å²) in [6.07, 6.45) is 0. The Labute approximate surface area is 117 Å². The van der Waals surface area contributed by atoms with E-state index in [1.165, 1.54) is 0 Å². The monoisotopic (exact) mass is 274 g/mol. The van der Waals surface area contributed by atoms with Crippen molar-refractivity contribution in [3.05, 3.63) is 36.1 Å². The van der Waals surface area contributed by atoms with Gasteiger partial charge in [0.1, 0.15) is 5.58 Å². The van der Waals surface area contributed by atoms with Crippen molar-refractivity contribution in [3.63, 3.8) is 0 Å². The quantitative estimate of drug-likeness (QED) is 0.814. The highest BCUT2D eigenvalue weighted by Gasteiger charge is 2.17. The second-order valence-electron chi connectivity index (χ2n) is 4.55. The van der Waals surface area contributed by atoms with Crippen LogP contribution in [0, 0.1) is 0 Å². The number of fused-ring (bicyclic) bond motifs is 1. The minimum atomic E-state index is -0.119. The zero-order valence-electron chi connectivity index (χ0n) is 11.7. The summed E-state index contributed by atoms with van der Waals surface area (Å²) >= 11 is 0. The molecule has 1 heterocycles. The molecule has 0 aliphatic carbocycles. The molecule has 2 aromatic rings. The standard InChI is InChI=1S/C15H18N2O3/c1-3-17(10-15(19)16-2)9-12(18)14-8-11-6-4-5-7-13(11)20-14/h4-8H,3,9-10H2,1-2H3,(H,16,19). The Balaban J connectivity index is 2.08. The predicted molar refractivity (Wildman–Crippen MR) is 76.7 cm³/mol. The van der Waals surface area contributed by atoms with Gasteiger partial charge in [-0.05, 0) is 18.7 Å². The molecule has 0 aliphatic rings. The molecule has 2 rings (SSSR count). The van der Waals surface area contributed by atoms with Crippen molar-refractivity contribution in [2.45, 2.75) is 6.92 Å². The molecule has 0 atom stereocenters. The van der Waals surface area contributed by atoms with E-state index in [0.29, 0.717) is 17.9 Å². The van der Waals surface area contributed by atoms with Gasteiger partial charge >= 0.3 is 0 Å². The molecule has 1 aromatic heterocycles. The Kier molecular flexibility index (Phi) is 4.53. The van der Waals surface area contributed by atoms with Gasteiger partial charge in [-0.2, -0.15) is 0 Å². The first-order valence-corrected chi connectivity index (χ1v) is 6.58. The summed E-state index contributed by atoms with van der Waals surface area (Å²) in [4.78, 5) is 25.3. The highest BCUT2D eigenvalue weighted by molar-refractivity contribution is 5.99. The molecule has 0 radical (unpaired) electrons. The van der Waals surface area contributed by atoms with Crippen LogP contribution in [0.4, 0.5) is 0 Å². The van der Waals surface area contributed by atoms with E-state index >= 15 is 0 Å². The zero-order valence-corrected chi connectivity index (χ0v) is 11.7. The third-order valence-electron chi connectivity index (χ3n) is 3.16. The maximum atomic E-state index is 12.2. The molecule has 0 fully saturated rings. The van der Waals surface area contributed by atoms with Crippen LogP contribution in [0.1, 0.15) is 17.5 Å². The molecule has 1 aromatic carbocycles. The number of hydrogen-bond acceptors (Lipinski definition) is 4. The van der Waals surface area contributed by atoms with E-state index in [2.05, 4.69) is 5.32 Å². The number of nitrogens with zero attached hydrogens (tertiary/aromatic N) is 1. The first-order valence-electron chi connectivity index (χ1n) is 6.58. The first kappa shape index (κ1) is 14.3. The van der Waals surface area contributed by atoms with Gasteiger partial charge in [-0.3, -0.25) is 14.5 Å². The fourth-order valence-corrected chi connectivity index (χ4v) is 1.96. The van der Waals surface area contributed by atoms with Gasteiger partial charge in [0.05, 0.1) is 13.1 Å².